The maximum atomic E-state index is 13.1. The molecule has 2 rings (SSSR count). The van der Waals surface area contributed by atoms with Gasteiger partial charge in [-0.15, -0.1) is 12.4 Å². The van der Waals surface area contributed by atoms with Crippen molar-refractivity contribution >= 4 is 39.2 Å². The van der Waals surface area contributed by atoms with Gasteiger partial charge in [0, 0.05) is 16.1 Å². The molecule has 0 amide bonds. The van der Waals surface area contributed by atoms with E-state index in [2.05, 4.69) is 20.9 Å². The standard InChI is InChI=1S/C10H10BrFN2.ClH/c11-9-4-7(12)3-8-6(1-2-13)5-14-10(8)9;/h3-5,14H,1-2,13H2;1H. The summed E-state index contributed by atoms with van der Waals surface area (Å²) in [7, 11) is 0. The second kappa shape index (κ2) is 4.96. The number of hydrogen-bond donors (Lipinski definition) is 2. The van der Waals surface area contributed by atoms with Crippen LogP contribution in [0.3, 0.4) is 0 Å². The van der Waals surface area contributed by atoms with E-state index in [1.807, 2.05) is 6.20 Å². The Morgan fingerprint density at radius 3 is 2.80 bits per heavy atom. The molecular weight excluding hydrogens is 282 g/mol. The molecule has 0 aliphatic rings. The maximum absolute atomic E-state index is 13.1. The number of benzene rings is 1. The lowest BCUT2D eigenvalue weighted by Crippen LogP contribution is -2.01. The van der Waals surface area contributed by atoms with Crippen molar-refractivity contribution in [3.8, 4) is 0 Å². The molecule has 82 valence electrons. The SMILES string of the molecule is Cl.NCCc1c[nH]c2c(Br)cc(F)cc12. The van der Waals surface area contributed by atoms with E-state index in [1.54, 1.807) is 0 Å². The smallest absolute Gasteiger partial charge is 0.125 e. The van der Waals surface area contributed by atoms with Crippen molar-refractivity contribution in [3.05, 3.63) is 34.2 Å². The van der Waals surface area contributed by atoms with Crippen molar-refractivity contribution in [2.24, 2.45) is 5.73 Å². The zero-order valence-corrected chi connectivity index (χ0v) is 10.3. The highest BCUT2D eigenvalue weighted by molar-refractivity contribution is 9.10. The highest BCUT2D eigenvalue weighted by Gasteiger charge is 2.07. The topological polar surface area (TPSA) is 41.8 Å². The summed E-state index contributed by atoms with van der Waals surface area (Å²) in [4.78, 5) is 3.10. The van der Waals surface area contributed by atoms with E-state index in [4.69, 9.17) is 5.73 Å². The van der Waals surface area contributed by atoms with Gasteiger partial charge in [0.2, 0.25) is 0 Å². The zero-order valence-electron chi connectivity index (χ0n) is 7.89. The minimum atomic E-state index is -0.234. The Labute approximate surface area is 102 Å². The van der Waals surface area contributed by atoms with Gasteiger partial charge in [-0.1, -0.05) is 0 Å². The number of nitrogens with two attached hydrogens (primary N) is 1. The van der Waals surface area contributed by atoms with E-state index in [1.165, 1.54) is 12.1 Å². The first-order valence-corrected chi connectivity index (χ1v) is 5.16. The summed E-state index contributed by atoms with van der Waals surface area (Å²) in [6, 6.07) is 2.98. The van der Waals surface area contributed by atoms with Crippen LogP contribution in [0.25, 0.3) is 10.9 Å². The Kier molecular flexibility index (Phi) is 4.13. The Bertz CT molecular complexity index is 470. The van der Waals surface area contributed by atoms with Crippen LogP contribution in [0.2, 0.25) is 0 Å². The van der Waals surface area contributed by atoms with Gasteiger partial charge in [-0.25, -0.2) is 4.39 Å². The first-order valence-electron chi connectivity index (χ1n) is 4.37. The van der Waals surface area contributed by atoms with Gasteiger partial charge < -0.3 is 10.7 Å². The lowest BCUT2D eigenvalue weighted by molar-refractivity contribution is 0.629. The Hall–Kier alpha value is -0.580. The first kappa shape index (κ1) is 12.5. The molecule has 0 bridgehead atoms. The molecule has 0 spiro atoms. The van der Waals surface area contributed by atoms with E-state index in [0.29, 0.717) is 6.54 Å². The second-order valence-corrected chi connectivity index (χ2v) is 4.02. The Morgan fingerprint density at radius 2 is 2.13 bits per heavy atom. The maximum Gasteiger partial charge on any atom is 0.125 e. The minimum absolute atomic E-state index is 0. The summed E-state index contributed by atoms with van der Waals surface area (Å²) in [5.74, 6) is -0.234. The molecule has 0 saturated heterocycles. The fourth-order valence-electron chi connectivity index (χ4n) is 1.57. The third kappa shape index (κ3) is 2.33. The molecule has 3 N–H and O–H groups in total. The molecule has 1 aromatic heterocycles. The summed E-state index contributed by atoms with van der Waals surface area (Å²) in [6.45, 7) is 0.571. The van der Waals surface area contributed by atoms with Crippen molar-refractivity contribution in [1.82, 2.24) is 4.98 Å². The molecule has 1 heterocycles. The predicted molar refractivity (Wildman–Crippen MR) is 66.0 cm³/mol. The van der Waals surface area contributed by atoms with Crippen LogP contribution in [0.1, 0.15) is 5.56 Å². The summed E-state index contributed by atoms with van der Waals surface area (Å²) >= 11 is 3.31. The number of halogens is 3. The van der Waals surface area contributed by atoms with Crippen molar-refractivity contribution in [2.45, 2.75) is 6.42 Å². The fraction of sp³-hybridized carbons (Fsp3) is 0.200. The molecule has 15 heavy (non-hydrogen) atoms. The number of H-pyrrole nitrogens is 1. The number of nitrogens with one attached hydrogen (secondary N) is 1. The van der Waals surface area contributed by atoms with Gasteiger partial charge >= 0.3 is 0 Å². The molecule has 5 heteroatoms. The van der Waals surface area contributed by atoms with Crippen LogP contribution >= 0.6 is 28.3 Å². The highest BCUT2D eigenvalue weighted by Crippen LogP contribution is 2.27. The first-order chi connectivity index (χ1) is 6.72. The number of rotatable bonds is 2. The van der Waals surface area contributed by atoms with Gasteiger partial charge in [0.05, 0.1) is 5.52 Å². The van der Waals surface area contributed by atoms with E-state index in [-0.39, 0.29) is 18.2 Å². The number of hydrogen-bond acceptors (Lipinski definition) is 1. The largest absolute Gasteiger partial charge is 0.360 e. The van der Waals surface area contributed by atoms with Gasteiger partial charge in [-0.2, -0.15) is 0 Å². The molecule has 0 fully saturated rings. The van der Waals surface area contributed by atoms with Crippen LogP contribution in [-0.4, -0.2) is 11.5 Å². The summed E-state index contributed by atoms with van der Waals surface area (Å²) < 4.78 is 13.9. The summed E-state index contributed by atoms with van der Waals surface area (Å²) in [6.07, 6.45) is 2.64. The lowest BCUT2D eigenvalue weighted by atomic mass is 10.1. The van der Waals surface area contributed by atoms with Crippen LogP contribution in [0.15, 0.2) is 22.8 Å². The van der Waals surface area contributed by atoms with Crippen LogP contribution in [0.5, 0.6) is 0 Å². The Balaban J connectivity index is 0.00000112. The molecule has 0 atom stereocenters. The minimum Gasteiger partial charge on any atom is -0.360 e. The van der Waals surface area contributed by atoms with E-state index >= 15 is 0 Å². The number of aromatic amines is 1. The zero-order chi connectivity index (χ0) is 10.1. The average Bonchev–Trinajstić information content (AvgIpc) is 2.49. The van der Waals surface area contributed by atoms with Crippen LogP contribution in [-0.2, 0) is 6.42 Å². The normalized spacial score (nSPS) is 10.3. The molecule has 0 saturated carbocycles. The van der Waals surface area contributed by atoms with Gasteiger partial charge in [-0.05, 0) is 46.6 Å². The molecule has 1 aromatic carbocycles. The van der Waals surface area contributed by atoms with Gasteiger partial charge in [0.25, 0.3) is 0 Å². The molecule has 2 aromatic rings. The van der Waals surface area contributed by atoms with Crippen molar-refractivity contribution < 1.29 is 4.39 Å². The van der Waals surface area contributed by atoms with E-state index < -0.39 is 0 Å². The van der Waals surface area contributed by atoms with Gasteiger partial charge in [0.1, 0.15) is 5.82 Å². The highest BCUT2D eigenvalue weighted by atomic mass is 79.9. The van der Waals surface area contributed by atoms with Crippen molar-refractivity contribution in [3.63, 3.8) is 0 Å². The fourth-order valence-corrected chi connectivity index (χ4v) is 2.12. The molecule has 0 radical (unpaired) electrons. The third-order valence-corrected chi connectivity index (χ3v) is 2.83. The summed E-state index contributed by atoms with van der Waals surface area (Å²) in [5.41, 5.74) is 7.45. The lowest BCUT2D eigenvalue weighted by Gasteiger charge is -1.98. The van der Waals surface area contributed by atoms with E-state index in [0.717, 1.165) is 27.4 Å². The number of aromatic nitrogens is 1. The molecule has 2 nitrogen and oxygen atoms in total. The van der Waals surface area contributed by atoms with Crippen LogP contribution in [0, 0.1) is 5.82 Å². The van der Waals surface area contributed by atoms with Crippen molar-refractivity contribution in [1.29, 1.82) is 0 Å². The molecule has 0 unspecified atom stereocenters. The average molecular weight is 294 g/mol. The predicted octanol–water partition coefficient (Wildman–Crippen LogP) is 2.99. The van der Waals surface area contributed by atoms with Crippen LogP contribution < -0.4 is 5.73 Å². The molecule has 0 aliphatic carbocycles. The van der Waals surface area contributed by atoms with Crippen LogP contribution in [0.4, 0.5) is 4.39 Å². The number of fused-ring (bicyclic) bond motifs is 1. The third-order valence-electron chi connectivity index (χ3n) is 2.21. The van der Waals surface area contributed by atoms with Gasteiger partial charge in [0.15, 0.2) is 0 Å². The molecule has 0 aliphatic heterocycles. The Morgan fingerprint density at radius 1 is 1.40 bits per heavy atom. The second-order valence-electron chi connectivity index (χ2n) is 3.16. The van der Waals surface area contributed by atoms with Gasteiger partial charge in [-0.3, -0.25) is 0 Å². The summed E-state index contributed by atoms with van der Waals surface area (Å²) in [5, 5.41) is 0.905. The monoisotopic (exact) mass is 292 g/mol. The quantitative estimate of drug-likeness (QED) is 0.878. The molecular formula is C10H11BrClFN2. The van der Waals surface area contributed by atoms with Crippen molar-refractivity contribution in [2.75, 3.05) is 6.54 Å². The van der Waals surface area contributed by atoms with E-state index in [9.17, 15) is 4.39 Å².